The zero-order valence-corrected chi connectivity index (χ0v) is 13.1. The van der Waals surface area contributed by atoms with Crippen LogP contribution >= 0.6 is 23.2 Å². The molecule has 1 aliphatic carbocycles. The Morgan fingerprint density at radius 3 is 2.43 bits per heavy atom. The van der Waals surface area contributed by atoms with E-state index in [2.05, 4.69) is 5.32 Å². The summed E-state index contributed by atoms with van der Waals surface area (Å²) in [5, 5.41) is 3.85. The minimum absolute atomic E-state index is 0.0411. The molecule has 2 fully saturated rings. The summed E-state index contributed by atoms with van der Waals surface area (Å²) in [4.78, 5) is 26.3. The highest BCUT2D eigenvalue weighted by atomic mass is 35.5. The molecule has 1 saturated carbocycles. The third kappa shape index (κ3) is 2.74. The second kappa shape index (κ2) is 5.50. The summed E-state index contributed by atoms with van der Waals surface area (Å²) in [5.41, 5.74) is 0.685. The standard InChI is InChI=1S/C15H16Cl2N2O2/c1-8-14(20)18-13(9-5-6-9)15(21)19(8)7-10-11(16)3-2-4-12(10)17/h2-4,8-9,13H,5-7H2,1H3,(H,18,20). The van der Waals surface area contributed by atoms with Gasteiger partial charge < -0.3 is 10.2 Å². The molecule has 2 amide bonds. The summed E-state index contributed by atoms with van der Waals surface area (Å²) in [5.74, 6) is 0.119. The predicted octanol–water partition coefficient (Wildman–Crippen LogP) is 2.62. The zero-order chi connectivity index (χ0) is 15.1. The number of hydrogen-bond acceptors (Lipinski definition) is 2. The van der Waals surface area contributed by atoms with Gasteiger partial charge in [-0.15, -0.1) is 0 Å². The summed E-state index contributed by atoms with van der Waals surface area (Å²) in [6.45, 7) is 1.98. The highest BCUT2D eigenvalue weighted by Crippen LogP contribution is 2.36. The molecule has 1 aromatic rings. The van der Waals surface area contributed by atoms with E-state index in [1.54, 1.807) is 30.0 Å². The quantitative estimate of drug-likeness (QED) is 0.928. The largest absolute Gasteiger partial charge is 0.342 e. The molecule has 112 valence electrons. The van der Waals surface area contributed by atoms with Gasteiger partial charge in [-0.05, 0) is 37.8 Å². The fourth-order valence-electron chi connectivity index (χ4n) is 2.66. The predicted molar refractivity (Wildman–Crippen MR) is 81.1 cm³/mol. The monoisotopic (exact) mass is 326 g/mol. The van der Waals surface area contributed by atoms with Crippen molar-refractivity contribution in [2.75, 3.05) is 0 Å². The van der Waals surface area contributed by atoms with Crippen LogP contribution in [0.15, 0.2) is 18.2 Å². The van der Waals surface area contributed by atoms with Crippen LogP contribution in [0.1, 0.15) is 25.3 Å². The number of carbonyl (C=O) groups is 2. The van der Waals surface area contributed by atoms with Gasteiger partial charge in [0.1, 0.15) is 12.1 Å². The van der Waals surface area contributed by atoms with Crippen molar-refractivity contribution < 1.29 is 9.59 Å². The highest BCUT2D eigenvalue weighted by Gasteiger charge is 2.45. The summed E-state index contributed by atoms with van der Waals surface area (Å²) < 4.78 is 0. The molecule has 2 atom stereocenters. The van der Waals surface area contributed by atoms with Crippen LogP contribution in [0.5, 0.6) is 0 Å². The fourth-order valence-corrected chi connectivity index (χ4v) is 3.18. The van der Waals surface area contributed by atoms with Crippen LogP contribution in [0, 0.1) is 5.92 Å². The third-order valence-corrected chi connectivity index (χ3v) is 4.89. The third-order valence-electron chi connectivity index (χ3n) is 4.18. The van der Waals surface area contributed by atoms with Gasteiger partial charge in [0.25, 0.3) is 0 Å². The van der Waals surface area contributed by atoms with E-state index < -0.39 is 12.1 Å². The second-order valence-electron chi connectivity index (χ2n) is 5.67. The van der Waals surface area contributed by atoms with Gasteiger partial charge in [0.2, 0.25) is 11.8 Å². The Hall–Kier alpha value is -1.26. The second-order valence-corrected chi connectivity index (χ2v) is 6.48. The summed E-state index contributed by atoms with van der Waals surface area (Å²) in [6.07, 6.45) is 1.98. The van der Waals surface area contributed by atoms with E-state index in [4.69, 9.17) is 23.2 Å². The molecule has 1 heterocycles. The molecule has 6 heteroatoms. The molecule has 0 bridgehead atoms. The van der Waals surface area contributed by atoms with Gasteiger partial charge in [0.05, 0.1) is 0 Å². The summed E-state index contributed by atoms with van der Waals surface area (Å²) >= 11 is 12.3. The average molecular weight is 327 g/mol. The number of hydrogen-bond donors (Lipinski definition) is 1. The number of rotatable bonds is 3. The minimum Gasteiger partial charge on any atom is -0.342 e. The average Bonchev–Trinajstić information content (AvgIpc) is 3.26. The van der Waals surface area contributed by atoms with Crippen molar-refractivity contribution in [3.8, 4) is 0 Å². The first kappa shape index (κ1) is 14.7. The topological polar surface area (TPSA) is 49.4 Å². The number of nitrogens with one attached hydrogen (secondary N) is 1. The van der Waals surface area contributed by atoms with E-state index in [9.17, 15) is 9.59 Å². The number of benzene rings is 1. The van der Waals surface area contributed by atoms with Crippen LogP contribution < -0.4 is 5.32 Å². The molecule has 0 radical (unpaired) electrons. The summed E-state index contributed by atoms with van der Waals surface area (Å²) in [6, 6.07) is 4.32. The number of carbonyl (C=O) groups excluding carboxylic acids is 2. The van der Waals surface area contributed by atoms with E-state index in [1.165, 1.54) is 0 Å². The fraction of sp³-hybridized carbons (Fsp3) is 0.467. The molecule has 1 aliphatic heterocycles. The maximum Gasteiger partial charge on any atom is 0.246 e. The van der Waals surface area contributed by atoms with E-state index in [0.29, 0.717) is 15.6 Å². The first-order valence-electron chi connectivity index (χ1n) is 7.03. The minimum atomic E-state index is -0.514. The molecule has 1 aromatic carbocycles. The summed E-state index contributed by atoms with van der Waals surface area (Å²) in [7, 11) is 0. The Balaban J connectivity index is 1.88. The number of piperazine rings is 1. The van der Waals surface area contributed by atoms with Gasteiger partial charge in [-0.3, -0.25) is 9.59 Å². The van der Waals surface area contributed by atoms with Gasteiger partial charge in [0, 0.05) is 22.2 Å². The molecule has 2 unspecified atom stereocenters. The van der Waals surface area contributed by atoms with E-state index in [1.807, 2.05) is 0 Å². The van der Waals surface area contributed by atoms with Crippen LogP contribution in [-0.2, 0) is 16.1 Å². The van der Waals surface area contributed by atoms with Crippen LogP contribution in [0.4, 0.5) is 0 Å². The van der Waals surface area contributed by atoms with Crippen LogP contribution in [0.25, 0.3) is 0 Å². The van der Waals surface area contributed by atoms with Gasteiger partial charge in [-0.2, -0.15) is 0 Å². The maximum absolute atomic E-state index is 12.6. The first-order chi connectivity index (χ1) is 9.99. The normalized spacial score (nSPS) is 26.0. The molecule has 21 heavy (non-hydrogen) atoms. The molecule has 3 rings (SSSR count). The molecule has 4 nitrogen and oxygen atoms in total. The van der Waals surface area contributed by atoms with E-state index in [0.717, 1.165) is 12.8 Å². The smallest absolute Gasteiger partial charge is 0.246 e. The van der Waals surface area contributed by atoms with E-state index in [-0.39, 0.29) is 24.3 Å². The zero-order valence-electron chi connectivity index (χ0n) is 11.6. The number of halogens is 2. The lowest BCUT2D eigenvalue weighted by Gasteiger charge is -2.37. The van der Waals surface area contributed by atoms with Crippen molar-refractivity contribution in [1.29, 1.82) is 0 Å². The molecule has 1 N–H and O–H groups in total. The Labute approximate surface area is 133 Å². The molecule has 2 aliphatic rings. The molecular weight excluding hydrogens is 311 g/mol. The Bertz CT molecular complexity index is 581. The number of amides is 2. The number of nitrogens with zero attached hydrogens (tertiary/aromatic N) is 1. The van der Waals surface area contributed by atoms with Crippen molar-refractivity contribution in [3.63, 3.8) is 0 Å². The Morgan fingerprint density at radius 1 is 1.24 bits per heavy atom. The van der Waals surface area contributed by atoms with Crippen molar-refractivity contribution in [2.24, 2.45) is 5.92 Å². The van der Waals surface area contributed by atoms with Crippen molar-refractivity contribution in [1.82, 2.24) is 10.2 Å². The Morgan fingerprint density at radius 2 is 1.86 bits per heavy atom. The molecular formula is C15H16Cl2N2O2. The maximum atomic E-state index is 12.6. The molecule has 1 saturated heterocycles. The molecule has 0 aromatic heterocycles. The highest BCUT2D eigenvalue weighted by molar-refractivity contribution is 6.36. The van der Waals surface area contributed by atoms with Gasteiger partial charge in [0.15, 0.2) is 0 Å². The van der Waals surface area contributed by atoms with Crippen molar-refractivity contribution in [3.05, 3.63) is 33.8 Å². The van der Waals surface area contributed by atoms with Gasteiger partial charge >= 0.3 is 0 Å². The van der Waals surface area contributed by atoms with Crippen LogP contribution in [0.3, 0.4) is 0 Å². The first-order valence-corrected chi connectivity index (χ1v) is 7.78. The van der Waals surface area contributed by atoms with Gasteiger partial charge in [-0.25, -0.2) is 0 Å². The molecule has 0 spiro atoms. The van der Waals surface area contributed by atoms with E-state index >= 15 is 0 Å². The van der Waals surface area contributed by atoms with Crippen LogP contribution in [0.2, 0.25) is 10.0 Å². The lowest BCUT2D eigenvalue weighted by molar-refractivity contribution is -0.149. The Kier molecular flexibility index (Phi) is 3.84. The SMILES string of the molecule is CC1C(=O)NC(C2CC2)C(=O)N1Cc1c(Cl)cccc1Cl. The van der Waals surface area contributed by atoms with Crippen LogP contribution in [-0.4, -0.2) is 28.8 Å². The lowest BCUT2D eigenvalue weighted by atomic mass is 10.0. The lowest BCUT2D eigenvalue weighted by Crippen LogP contribution is -2.62. The van der Waals surface area contributed by atoms with Gasteiger partial charge in [-0.1, -0.05) is 29.3 Å². The van der Waals surface area contributed by atoms with Crippen molar-refractivity contribution >= 4 is 35.0 Å². The van der Waals surface area contributed by atoms with Crippen molar-refractivity contribution in [2.45, 2.75) is 38.4 Å².